The molecule has 1 aliphatic rings. The second-order valence-electron chi connectivity index (χ2n) is 4.43. The van der Waals surface area contributed by atoms with Crippen LogP contribution in [0.2, 0.25) is 0 Å². The molecule has 1 fully saturated rings. The highest BCUT2D eigenvalue weighted by Gasteiger charge is 2.30. The van der Waals surface area contributed by atoms with Crippen molar-refractivity contribution >= 4 is 21.7 Å². The highest BCUT2D eigenvalue weighted by molar-refractivity contribution is 7.91. The summed E-state index contributed by atoms with van der Waals surface area (Å²) in [5, 5.41) is 3.01. The summed E-state index contributed by atoms with van der Waals surface area (Å²) >= 11 is 0. The Labute approximate surface area is 108 Å². The van der Waals surface area contributed by atoms with E-state index in [0.29, 0.717) is 25.8 Å². The van der Waals surface area contributed by atoms with Crippen LogP contribution >= 0.6 is 0 Å². The van der Waals surface area contributed by atoms with Crippen molar-refractivity contribution in [3.63, 3.8) is 0 Å². The van der Waals surface area contributed by atoms with E-state index in [-0.39, 0.29) is 29.4 Å². The number of amides is 2. The number of nitrogens with one attached hydrogen (secondary N) is 1. The number of carbonyl (C=O) groups is 2. The molecule has 0 radical (unpaired) electrons. The molecule has 0 aromatic heterocycles. The molecule has 2 amide bonds. The van der Waals surface area contributed by atoms with Crippen LogP contribution in [0.25, 0.3) is 0 Å². The number of likely N-dealkylation sites (N-methyl/N-ethyl adjacent to an activating group) is 1. The number of rotatable bonds is 6. The maximum Gasteiger partial charge on any atom is 0.246 e. The lowest BCUT2D eigenvalue weighted by atomic mass is 10.0. The highest BCUT2D eigenvalue weighted by atomic mass is 32.2. The molecule has 1 saturated heterocycles. The van der Waals surface area contributed by atoms with Crippen LogP contribution in [-0.2, 0) is 19.4 Å². The first-order valence-electron chi connectivity index (χ1n) is 6.11. The van der Waals surface area contributed by atoms with E-state index in [9.17, 15) is 18.0 Å². The summed E-state index contributed by atoms with van der Waals surface area (Å²) in [7, 11) is -1.47. The molecule has 104 valence electrons. The third-order valence-electron chi connectivity index (χ3n) is 3.11. The van der Waals surface area contributed by atoms with Gasteiger partial charge in [-0.1, -0.05) is 6.92 Å². The molecule has 18 heavy (non-hydrogen) atoms. The first-order chi connectivity index (χ1) is 8.37. The highest BCUT2D eigenvalue weighted by Crippen LogP contribution is 2.11. The van der Waals surface area contributed by atoms with Crippen LogP contribution in [0.4, 0.5) is 0 Å². The fraction of sp³-hybridized carbons (Fsp3) is 0.818. The minimum absolute atomic E-state index is 0.131. The number of hydrogen-bond acceptors (Lipinski definition) is 5. The van der Waals surface area contributed by atoms with Crippen molar-refractivity contribution in [1.29, 1.82) is 0 Å². The molecule has 1 aliphatic heterocycles. The first-order valence-corrected chi connectivity index (χ1v) is 7.93. The van der Waals surface area contributed by atoms with Gasteiger partial charge in [-0.25, -0.2) is 8.42 Å². The average molecular weight is 276 g/mol. The lowest BCUT2D eigenvalue weighted by molar-refractivity contribution is -0.148. The van der Waals surface area contributed by atoms with Gasteiger partial charge in [0.1, 0.15) is 9.84 Å². The largest absolute Gasteiger partial charge is 0.306 e. The zero-order valence-corrected chi connectivity index (χ0v) is 11.6. The van der Waals surface area contributed by atoms with Gasteiger partial charge in [0, 0.05) is 19.2 Å². The minimum atomic E-state index is -2.94. The molecule has 0 aromatic rings. The summed E-state index contributed by atoms with van der Waals surface area (Å²) in [6.07, 6.45) is 1.33. The molecule has 7 heteroatoms. The van der Waals surface area contributed by atoms with Gasteiger partial charge in [-0.05, 0) is 19.4 Å². The van der Waals surface area contributed by atoms with Crippen LogP contribution in [0.1, 0.15) is 26.2 Å². The van der Waals surface area contributed by atoms with Crippen molar-refractivity contribution in [3.05, 3.63) is 0 Å². The molecule has 0 aromatic carbocycles. The van der Waals surface area contributed by atoms with E-state index >= 15 is 0 Å². The van der Waals surface area contributed by atoms with E-state index in [0.717, 1.165) is 4.90 Å². The lowest BCUT2D eigenvalue weighted by Crippen LogP contribution is -2.51. The predicted molar refractivity (Wildman–Crippen MR) is 67.7 cm³/mol. The molecule has 0 spiro atoms. The van der Waals surface area contributed by atoms with Crippen LogP contribution in [0.15, 0.2) is 0 Å². The fourth-order valence-corrected chi connectivity index (χ4v) is 2.69. The van der Waals surface area contributed by atoms with Crippen molar-refractivity contribution in [2.24, 2.45) is 0 Å². The topological polar surface area (TPSA) is 83.6 Å². The SMILES string of the molecule is CCS(=O)(=O)CCCNC1CCC(=O)N(C)C1=O. The van der Waals surface area contributed by atoms with Crippen LogP contribution in [0.3, 0.4) is 0 Å². The Bertz CT molecular complexity index is 419. The summed E-state index contributed by atoms with van der Waals surface area (Å²) in [6.45, 7) is 2.09. The van der Waals surface area contributed by atoms with Crippen LogP contribution < -0.4 is 5.32 Å². The van der Waals surface area contributed by atoms with Gasteiger partial charge in [-0.15, -0.1) is 0 Å². The Morgan fingerprint density at radius 2 is 2.06 bits per heavy atom. The lowest BCUT2D eigenvalue weighted by Gasteiger charge is -2.28. The summed E-state index contributed by atoms with van der Waals surface area (Å²) in [6, 6.07) is -0.364. The zero-order chi connectivity index (χ0) is 13.8. The monoisotopic (exact) mass is 276 g/mol. The van der Waals surface area contributed by atoms with Gasteiger partial charge < -0.3 is 5.32 Å². The molecule has 0 bridgehead atoms. The third-order valence-corrected chi connectivity index (χ3v) is 4.90. The smallest absolute Gasteiger partial charge is 0.246 e. The standard InChI is InChI=1S/C11H20N2O4S/c1-3-18(16,17)8-4-7-12-9-5-6-10(14)13(2)11(9)15/h9,12H,3-8H2,1-2H3. The number of piperidine rings is 1. The maximum atomic E-state index is 11.7. The number of hydrogen-bond donors (Lipinski definition) is 1. The van der Waals surface area contributed by atoms with Gasteiger partial charge in [0.15, 0.2) is 0 Å². The minimum Gasteiger partial charge on any atom is -0.306 e. The van der Waals surface area contributed by atoms with Gasteiger partial charge in [0.25, 0.3) is 0 Å². The molecule has 1 atom stereocenters. The molecule has 1 N–H and O–H groups in total. The van der Waals surface area contributed by atoms with E-state index in [1.54, 1.807) is 6.92 Å². The van der Waals surface area contributed by atoms with E-state index in [1.165, 1.54) is 7.05 Å². The summed E-state index contributed by atoms with van der Waals surface area (Å²) in [5.74, 6) is -0.116. The normalized spacial score (nSPS) is 21.4. The van der Waals surface area contributed by atoms with Crippen LogP contribution in [0, 0.1) is 0 Å². The van der Waals surface area contributed by atoms with Crippen LogP contribution in [0.5, 0.6) is 0 Å². The zero-order valence-electron chi connectivity index (χ0n) is 10.8. The maximum absolute atomic E-state index is 11.7. The Kier molecular flexibility index (Phi) is 5.28. The van der Waals surface area contributed by atoms with Gasteiger partial charge in [0.2, 0.25) is 11.8 Å². The molecule has 1 unspecified atom stereocenters. The van der Waals surface area contributed by atoms with Crippen LogP contribution in [-0.4, -0.2) is 56.3 Å². The number of nitrogens with zero attached hydrogens (tertiary/aromatic N) is 1. The summed E-state index contributed by atoms with van der Waals surface area (Å²) in [4.78, 5) is 24.1. The second kappa shape index (κ2) is 6.29. The molecule has 6 nitrogen and oxygen atoms in total. The van der Waals surface area contributed by atoms with Crippen molar-refractivity contribution in [3.8, 4) is 0 Å². The van der Waals surface area contributed by atoms with E-state index in [1.807, 2.05) is 0 Å². The molecule has 0 aliphatic carbocycles. The van der Waals surface area contributed by atoms with Gasteiger partial charge >= 0.3 is 0 Å². The Hall–Kier alpha value is -0.950. The van der Waals surface area contributed by atoms with Crippen molar-refractivity contribution in [2.45, 2.75) is 32.2 Å². The predicted octanol–water partition coefficient (Wildman–Crippen LogP) is -0.452. The Morgan fingerprint density at radius 1 is 1.39 bits per heavy atom. The van der Waals surface area contributed by atoms with E-state index < -0.39 is 9.84 Å². The summed E-state index contributed by atoms with van der Waals surface area (Å²) in [5.41, 5.74) is 0. The Morgan fingerprint density at radius 3 is 2.67 bits per heavy atom. The number of carbonyl (C=O) groups excluding carboxylic acids is 2. The van der Waals surface area contributed by atoms with Gasteiger partial charge in [0.05, 0.1) is 11.8 Å². The average Bonchev–Trinajstić information content (AvgIpc) is 2.34. The summed E-state index contributed by atoms with van der Waals surface area (Å²) < 4.78 is 22.5. The number of imide groups is 1. The first kappa shape index (κ1) is 15.1. The van der Waals surface area contributed by atoms with Gasteiger partial charge in [-0.3, -0.25) is 14.5 Å². The van der Waals surface area contributed by atoms with Crippen molar-refractivity contribution < 1.29 is 18.0 Å². The van der Waals surface area contributed by atoms with Gasteiger partial charge in [-0.2, -0.15) is 0 Å². The third kappa shape index (κ3) is 4.06. The fourth-order valence-electron chi connectivity index (χ4n) is 1.82. The van der Waals surface area contributed by atoms with Crippen molar-refractivity contribution in [2.75, 3.05) is 25.1 Å². The number of likely N-dealkylation sites (tertiary alicyclic amines) is 1. The second-order valence-corrected chi connectivity index (χ2v) is 6.90. The van der Waals surface area contributed by atoms with E-state index in [2.05, 4.69) is 5.32 Å². The number of sulfone groups is 1. The molecular weight excluding hydrogens is 256 g/mol. The quantitative estimate of drug-likeness (QED) is 0.524. The Balaban J connectivity index is 2.32. The van der Waals surface area contributed by atoms with E-state index in [4.69, 9.17) is 0 Å². The molecule has 1 heterocycles. The molecule has 0 saturated carbocycles. The molecular formula is C11H20N2O4S. The molecule has 1 rings (SSSR count). The van der Waals surface area contributed by atoms with Crippen molar-refractivity contribution in [1.82, 2.24) is 10.2 Å².